The predicted molar refractivity (Wildman–Crippen MR) is 148 cm³/mol. The third-order valence-electron chi connectivity index (χ3n) is 6.91. The second kappa shape index (κ2) is 11.7. The van der Waals surface area contributed by atoms with Crippen molar-refractivity contribution in [3.63, 3.8) is 0 Å². The predicted octanol–water partition coefficient (Wildman–Crippen LogP) is 5.10. The highest BCUT2D eigenvalue weighted by molar-refractivity contribution is 6.08. The molecule has 1 aliphatic rings. The Morgan fingerprint density at radius 1 is 0.902 bits per heavy atom. The molecular weight excluding hydrogens is 540 g/mol. The van der Waals surface area contributed by atoms with E-state index < -0.39 is 41.5 Å². The maximum absolute atomic E-state index is 13.6. The zero-order valence-corrected chi connectivity index (χ0v) is 22.2. The highest BCUT2D eigenvalue weighted by Gasteiger charge is 2.31. The molecule has 0 bridgehead atoms. The fraction of sp³-hybridized carbons (Fsp3) is 0.276. The Balaban J connectivity index is 1.19. The molecule has 0 spiro atoms. The Labute approximate surface area is 233 Å². The van der Waals surface area contributed by atoms with Crippen LogP contribution >= 0.6 is 0 Å². The number of amides is 2. The van der Waals surface area contributed by atoms with Gasteiger partial charge in [0.1, 0.15) is 12.2 Å². The van der Waals surface area contributed by atoms with E-state index >= 15 is 0 Å². The van der Waals surface area contributed by atoms with Crippen LogP contribution in [0.25, 0.3) is 22.2 Å². The van der Waals surface area contributed by atoms with Crippen LogP contribution in [-0.2, 0) is 22.3 Å². The molecule has 214 valence electrons. The van der Waals surface area contributed by atoms with Crippen LogP contribution in [0.4, 0.5) is 28.9 Å². The van der Waals surface area contributed by atoms with Crippen LogP contribution in [0.2, 0.25) is 0 Å². The van der Waals surface area contributed by atoms with Gasteiger partial charge in [0.05, 0.1) is 16.8 Å². The van der Waals surface area contributed by atoms with Gasteiger partial charge in [0.2, 0.25) is 11.8 Å². The van der Waals surface area contributed by atoms with Crippen LogP contribution in [0, 0.1) is 5.82 Å². The lowest BCUT2D eigenvalue weighted by Gasteiger charge is -2.32. The number of hydrogen-bond donors (Lipinski definition) is 3. The number of halogens is 4. The molecule has 12 heteroatoms. The number of nitrogens with one attached hydrogen (secondary N) is 3. The lowest BCUT2D eigenvalue weighted by Crippen LogP contribution is -2.43. The summed E-state index contributed by atoms with van der Waals surface area (Å²) in [7, 11) is 2.13. The van der Waals surface area contributed by atoms with Crippen molar-refractivity contribution in [2.24, 2.45) is 0 Å². The van der Waals surface area contributed by atoms with Crippen molar-refractivity contribution in [3.8, 4) is 11.3 Å². The van der Waals surface area contributed by atoms with Crippen LogP contribution in [0.3, 0.4) is 0 Å². The molecule has 1 aromatic heterocycles. The van der Waals surface area contributed by atoms with Gasteiger partial charge in [0.15, 0.2) is 0 Å². The average Bonchev–Trinajstić information content (AvgIpc) is 3.33. The zero-order valence-electron chi connectivity index (χ0n) is 22.2. The number of piperazine rings is 1. The van der Waals surface area contributed by atoms with Gasteiger partial charge in [-0.25, -0.2) is 4.39 Å². The largest absolute Gasteiger partial charge is 0.416 e. The Morgan fingerprint density at radius 2 is 1.59 bits per heavy atom. The van der Waals surface area contributed by atoms with E-state index in [1.807, 2.05) is 12.1 Å². The number of carbonyl (C=O) groups excluding carboxylic acids is 2. The topological polar surface area (TPSA) is 93.4 Å². The first-order valence-electron chi connectivity index (χ1n) is 13.0. The summed E-state index contributed by atoms with van der Waals surface area (Å²) < 4.78 is 52.3. The van der Waals surface area contributed by atoms with Crippen molar-refractivity contribution in [1.82, 2.24) is 20.0 Å². The average molecular weight is 569 g/mol. The molecule has 0 saturated carbocycles. The number of rotatable bonds is 7. The molecule has 8 nitrogen and oxygen atoms in total. The summed E-state index contributed by atoms with van der Waals surface area (Å²) in [6, 6.07) is 15.1. The van der Waals surface area contributed by atoms with Gasteiger partial charge in [-0.1, -0.05) is 24.3 Å². The van der Waals surface area contributed by atoms with Gasteiger partial charge in [-0.2, -0.15) is 18.3 Å². The molecule has 5 rings (SSSR count). The summed E-state index contributed by atoms with van der Waals surface area (Å²) in [4.78, 5) is 29.4. The zero-order chi connectivity index (χ0) is 29.1. The van der Waals surface area contributed by atoms with Crippen LogP contribution in [0.1, 0.15) is 17.5 Å². The molecule has 2 amide bonds. The van der Waals surface area contributed by atoms with Crippen LogP contribution < -0.4 is 10.6 Å². The lowest BCUT2D eigenvalue weighted by atomic mass is 10.0. The fourth-order valence-corrected chi connectivity index (χ4v) is 4.73. The first-order chi connectivity index (χ1) is 19.5. The number of nitrogens with zero attached hydrogens (tertiary/aromatic N) is 3. The maximum atomic E-state index is 13.6. The Morgan fingerprint density at radius 3 is 2.27 bits per heavy atom. The second-order valence-electron chi connectivity index (χ2n) is 10.1. The SMILES string of the molecule is CN1CCN(Cc2ccc(-c3n[nH]c4cc(NC(=O)CC(=O)Nc5cc(F)cc(C(F)(F)F)c5)ccc34)cc2)CC1. The molecular formula is C29H28F4N6O2. The third kappa shape index (κ3) is 7.08. The van der Waals surface area contributed by atoms with E-state index in [1.54, 1.807) is 18.2 Å². The van der Waals surface area contributed by atoms with E-state index in [2.05, 4.69) is 49.8 Å². The standard InChI is InChI=1S/C29H28F4N6O2/c1-38-8-10-39(11-9-38)17-18-2-4-19(5-3-18)28-24-7-6-22(15-25(24)36-37-28)34-26(40)16-27(41)35-23-13-20(29(31,32)33)12-21(30)14-23/h2-7,12-15H,8-11,16-17H2,1H3,(H,34,40)(H,35,41)(H,36,37). The van der Waals surface area contributed by atoms with Crippen molar-refractivity contribution in [1.29, 1.82) is 0 Å². The van der Waals surface area contributed by atoms with Gasteiger partial charge in [-0.05, 0) is 49.0 Å². The van der Waals surface area contributed by atoms with E-state index in [9.17, 15) is 27.2 Å². The molecule has 4 aromatic rings. The van der Waals surface area contributed by atoms with Gasteiger partial charge in [0, 0.05) is 55.0 Å². The summed E-state index contributed by atoms with van der Waals surface area (Å²) in [5, 5.41) is 13.0. The molecule has 2 heterocycles. The highest BCUT2D eigenvalue weighted by atomic mass is 19.4. The number of carbonyl (C=O) groups is 2. The summed E-state index contributed by atoms with van der Waals surface area (Å²) in [5.74, 6) is -2.74. The minimum absolute atomic E-state index is 0.323. The summed E-state index contributed by atoms with van der Waals surface area (Å²) >= 11 is 0. The van der Waals surface area contributed by atoms with Gasteiger partial charge in [0.25, 0.3) is 0 Å². The highest BCUT2D eigenvalue weighted by Crippen LogP contribution is 2.32. The Kier molecular flexibility index (Phi) is 8.04. The summed E-state index contributed by atoms with van der Waals surface area (Å²) in [6.45, 7) is 5.11. The van der Waals surface area contributed by atoms with Gasteiger partial charge in [-0.3, -0.25) is 19.6 Å². The van der Waals surface area contributed by atoms with Crippen molar-refractivity contribution in [3.05, 3.63) is 77.6 Å². The number of aromatic nitrogens is 2. The van der Waals surface area contributed by atoms with Gasteiger partial charge in [-0.15, -0.1) is 0 Å². The first-order valence-corrected chi connectivity index (χ1v) is 13.0. The molecule has 1 aliphatic heterocycles. The minimum atomic E-state index is -4.78. The molecule has 1 fully saturated rings. The number of fused-ring (bicyclic) bond motifs is 1. The summed E-state index contributed by atoms with van der Waals surface area (Å²) in [6.07, 6.45) is -5.46. The van der Waals surface area contributed by atoms with E-state index in [-0.39, 0.29) is 0 Å². The quantitative estimate of drug-likeness (QED) is 0.213. The number of H-pyrrole nitrogens is 1. The van der Waals surface area contributed by atoms with E-state index in [1.165, 1.54) is 5.56 Å². The lowest BCUT2D eigenvalue weighted by molar-refractivity contribution is -0.137. The fourth-order valence-electron chi connectivity index (χ4n) is 4.73. The van der Waals surface area contributed by atoms with Crippen molar-refractivity contribution in [2.45, 2.75) is 19.1 Å². The molecule has 0 unspecified atom stereocenters. The van der Waals surface area contributed by atoms with Gasteiger partial charge < -0.3 is 15.5 Å². The number of aromatic amines is 1. The number of anilines is 2. The molecule has 1 saturated heterocycles. The first kappa shape index (κ1) is 28.2. The molecule has 0 radical (unpaired) electrons. The Hall–Kier alpha value is -4.29. The molecule has 0 atom stereocenters. The normalized spacial score (nSPS) is 14.8. The van der Waals surface area contributed by atoms with Crippen LogP contribution in [0.5, 0.6) is 0 Å². The Bertz CT molecular complexity index is 1560. The van der Waals surface area contributed by atoms with Crippen molar-refractivity contribution >= 4 is 34.1 Å². The van der Waals surface area contributed by atoms with Crippen molar-refractivity contribution in [2.75, 3.05) is 43.9 Å². The number of benzene rings is 3. The van der Waals surface area contributed by atoms with E-state index in [0.29, 0.717) is 23.3 Å². The van der Waals surface area contributed by atoms with E-state index in [0.717, 1.165) is 55.4 Å². The van der Waals surface area contributed by atoms with E-state index in [4.69, 9.17) is 0 Å². The second-order valence-corrected chi connectivity index (χ2v) is 10.1. The van der Waals surface area contributed by atoms with Crippen molar-refractivity contribution < 1.29 is 27.2 Å². The monoisotopic (exact) mass is 568 g/mol. The van der Waals surface area contributed by atoms with Crippen LogP contribution in [-0.4, -0.2) is 65.0 Å². The number of likely N-dealkylation sites (N-methyl/N-ethyl adjacent to an activating group) is 1. The summed E-state index contributed by atoms with van der Waals surface area (Å²) in [5.41, 5.74) is 2.36. The molecule has 3 N–H and O–H groups in total. The number of hydrogen-bond acceptors (Lipinski definition) is 5. The van der Waals surface area contributed by atoms with Gasteiger partial charge >= 0.3 is 6.18 Å². The maximum Gasteiger partial charge on any atom is 0.416 e. The molecule has 0 aliphatic carbocycles. The third-order valence-corrected chi connectivity index (χ3v) is 6.91. The molecule has 3 aromatic carbocycles. The minimum Gasteiger partial charge on any atom is -0.326 e. The number of alkyl halides is 3. The smallest absolute Gasteiger partial charge is 0.326 e. The van der Waals surface area contributed by atoms with Crippen LogP contribution in [0.15, 0.2) is 60.7 Å². The molecule has 41 heavy (non-hydrogen) atoms.